The summed E-state index contributed by atoms with van der Waals surface area (Å²) in [7, 11) is 2.16. The van der Waals surface area contributed by atoms with Gasteiger partial charge in [0.25, 0.3) is 0 Å². The van der Waals surface area contributed by atoms with Crippen molar-refractivity contribution in [3.63, 3.8) is 0 Å². The standard InChI is InChI=1S/C18H30N2O/c1-14(2)11-19-12-17-8-9-18(21-17)13-20(4)16-7-5-6-15(3)10-16/h5-7,10,14,17-19H,8-9,11-13H2,1-4H3. The van der Waals surface area contributed by atoms with Crippen LogP contribution in [0.15, 0.2) is 24.3 Å². The van der Waals surface area contributed by atoms with Gasteiger partial charge in [0.1, 0.15) is 0 Å². The largest absolute Gasteiger partial charge is 0.372 e. The van der Waals surface area contributed by atoms with Gasteiger partial charge in [0.05, 0.1) is 12.2 Å². The first-order chi connectivity index (χ1) is 10.0. The zero-order valence-electron chi connectivity index (χ0n) is 13.9. The van der Waals surface area contributed by atoms with Gasteiger partial charge in [-0.3, -0.25) is 0 Å². The van der Waals surface area contributed by atoms with Crippen LogP contribution in [0.3, 0.4) is 0 Å². The Morgan fingerprint density at radius 1 is 1.29 bits per heavy atom. The van der Waals surface area contributed by atoms with Crippen molar-refractivity contribution in [1.29, 1.82) is 0 Å². The van der Waals surface area contributed by atoms with Crippen LogP contribution in [-0.2, 0) is 4.74 Å². The lowest BCUT2D eigenvalue weighted by atomic mass is 10.1. The lowest BCUT2D eigenvalue weighted by Crippen LogP contribution is -2.32. The summed E-state index contributed by atoms with van der Waals surface area (Å²) in [6.07, 6.45) is 3.10. The van der Waals surface area contributed by atoms with Crippen LogP contribution in [0.5, 0.6) is 0 Å². The van der Waals surface area contributed by atoms with Gasteiger partial charge < -0.3 is 15.0 Å². The van der Waals surface area contributed by atoms with Gasteiger partial charge in [-0.15, -0.1) is 0 Å². The van der Waals surface area contributed by atoms with E-state index in [1.54, 1.807) is 0 Å². The molecule has 0 aromatic heterocycles. The summed E-state index contributed by atoms with van der Waals surface area (Å²) in [5.74, 6) is 0.703. The number of benzene rings is 1. The van der Waals surface area contributed by atoms with Crippen LogP contribution in [0.1, 0.15) is 32.3 Å². The maximum Gasteiger partial charge on any atom is 0.0755 e. The number of likely N-dealkylation sites (N-methyl/N-ethyl adjacent to an activating group) is 1. The van der Waals surface area contributed by atoms with Crippen molar-refractivity contribution < 1.29 is 4.74 Å². The van der Waals surface area contributed by atoms with Crippen LogP contribution < -0.4 is 10.2 Å². The third kappa shape index (κ3) is 5.33. The topological polar surface area (TPSA) is 24.5 Å². The van der Waals surface area contributed by atoms with E-state index >= 15 is 0 Å². The molecule has 0 saturated carbocycles. The van der Waals surface area contributed by atoms with Crippen molar-refractivity contribution in [1.82, 2.24) is 5.32 Å². The van der Waals surface area contributed by atoms with Gasteiger partial charge in [0.2, 0.25) is 0 Å². The Morgan fingerprint density at radius 2 is 2.05 bits per heavy atom. The SMILES string of the molecule is Cc1cccc(N(C)CC2CCC(CNCC(C)C)O2)c1. The molecule has 1 aromatic rings. The van der Waals surface area contributed by atoms with Gasteiger partial charge in [-0.2, -0.15) is 0 Å². The maximum absolute atomic E-state index is 6.16. The van der Waals surface area contributed by atoms with Crippen LogP contribution in [-0.4, -0.2) is 38.9 Å². The quantitative estimate of drug-likeness (QED) is 0.834. The van der Waals surface area contributed by atoms with Crippen molar-refractivity contribution in [2.45, 2.75) is 45.8 Å². The van der Waals surface area contributed by atoms with Crippen LogP contribution in [0.4, 0.5) is 5.69 Å². The van der Waals surface area contributed by atoms with E-state index in [4.69, 9.17) is 4.74 Å². The highest BCUT2D eigenvalue weighted by Gasteiger charge is 2.25. The lowest BCUT2D eigenvalue weighted by Gasteiger charge is -2.24. The average molecular weight is 290 g/mol. The summed E-state index contributed by atoms with van der Waals surface area (Å²) in [5, 5.41) is 3.50. The lowest BCUT2D eigenvalue weighted by molar-refractivity contribution is 0.0497. The number of rotatable bonds is 7. The Labute approximate surface area is 129 Å². The van der Waals surface area contributed by atoms with E-state index in [0.717, 1.165) is 19.6 Å². The molecule has 118 valence electrons. The van der Waals surface area contributed by atoms with Crippen LogP contribution in [0.25, 0.3) is 0 Å². The Morgan fingerprint density at radius 3 is 2.76 bits per heavy atom. The molecule has 3 heteroatoms. The number of aryl methyl sites for hydroxylation is 1. The zero-order valence-corrected chi connectivity index (χ0v) is 13.9. The van der Waals surface area contributed by atoms with E-state index < -0.39 is 0 Å². The second kappa shape index (κ2) is 7.81. The summed E-state index contributed by atoms with van der Waals surface area (Å²) in [5.41, 5.74) is 2.59. The molecule has 0 aliphatic carbocycles. The van der Waals surface area contributed by atoms with E-state index in [2.05, 4.69) is 62.3 Å². The summed E-state index contributed by atoms with van der Waals surface area (Å²) in [6, 6.07) is 8.66. The van der Waals surface area contributed by atoms with Crippen LogP contribution in [0.2, 0.25) is 0 Å². The predicted octanol–water partition coefficient (Wildman–Crippen LogP) is 3.22. The average Bonchev–Trinajstić information content (AvgIpc) is 2.86. The Balaban J connectivity index is 1.74. The van der Waals surface area contributed by atoms with E-state index in [-0.39, 0.29) is 0 Å². The third-order valence-electron chi connectivity index (χ3n) is 4.04. The van der Waals surface area contributed by atoms with E-state index in [9.17, 15) is 0 Å². The minimum Gasteiger partial charge on any atom is -0.372 e. The maximum atomic E-state index is 6.16. The van der Waals surface area contributed by atoms with Gasteiger partial charge in [-0.25, -0.2) is 0 Å². The number of nitrogens with one attached hydrogen (secondary N) is 1. The first-order valence-electron chi connectivity index (χ1n) is 8.18. The van der Waals surface area contributed by atoms with Gasteiger partial charge in [-0.1, -0.05) is 26.0 Å². The molecule has 0 bridgehead atoms. The van der Waals surface area contributed by atoms with Gasteiger partial charge >= 0.3 is 0 Å². The molecule has 1 N–H and O–H groups in total. The van der Waals surface area contributed by atoms with Crippen LogP contribution >= 0.6 is 0 Å². The summed E-state index contributed by atoms with van der Waals surface area (Å²) in [4.78, 5) is 2.31. The zero-order chi connectivity index (χ0) is 15.2. The predicted molar refractivity (Wildman–Crippen MR) is 90.1 cm³/mol. The molecule has 0 radical (unpaired) electrons. The summed E-state index contributed by atoms with van der Waals surface area (Å²) < 4.78 is 6.16. The molecule has 3 nitrogen and oxygen atoms in total. The molecule has 1 aromatic carbocycles. The number of nitrogens with zero attached hydrogens (tertiary/aromatic N) is 1. The summed E-state index contributed by atoms with van der Waals surface area (Å²) in [6.45, 7) is 9.66. The second-order valence-corrected chi connectivity index (χ2v) is 6.73. The van der Waals surface area contributed by atoms with Crippen molar-refractivity contribution in [3.05, 3.63) is 29.8 Å². The molecule has 0 amide bonds. The fourth-order valence-corrected chi connectivity index (χ4v) is 2.87. The molecule has 0 spiro atoms. The first-order valence-corrected chi connectivity index (χ1v) is 8.18. The highest BCUT2D eigenvalue weighted by atomic mass is 16.5. The highest BCUT2D eigenvalue weighted by molar-refractivity contribution is 5.47. The number of hydrogen-bond acceptors (Lipinski definition) is 3. The number of ether oxygens (including phenoxy) is 1. The molecule has 1 aliphatic rings. The fraction of sp³-hybridized carbons (Fsp3) is 0.667. The minimum absolute atomic E-state index is 0.362. The Hall–Kier alpha value is -1.06. The first kappa shape index (κ1) is 16.3. The smallest absolute Gasteiger partial charge is 0.0755 e. The molecule has 2 rings (SSSR count). The monoisotopic (exact) mass is 290 g/mol. The van der Waals surface area contributed by atoms with Crippen molar-refractivity contribution in [2.75, 3.05) is 31.6 Å². The van der Waals surface area contributed by atoms with Gasteiger partial charge in [0, 0.05) is 25.8 Å². The molecule has 2 atom stereocenters. The Bertz CT molecular complexity index is 433. The number of hydrogen-bond donors (Lipinski definition) is 1. The van der Waals surface area contributed by atoms with Crippen molar-refractivity contribution >= 4 is 5.69 Å². The van der Waals surface area contributed by atoms with Crippen molar-refractivity contribution in [2.24, 2.45) is 5.92 Å². The van der Waals surface area contributed by atoms with Gasteiger partial charge in [-0.05, 0) is 49.9 Å². The minimum atomic E-state index is 0.362. The number of anilines is 1. The molecular formula is C18H30N2O. The van der Waals surface area contributed by atoms with Gasteiger partial charge in [0.15, 0.2) is 0 Å². The molecule has 1 fully saturated rings. The summed E-state index contributed by atoms with van der Waals surface area (Å²) >= 11 is 0. The normalized spacial score (nSPS) is 22.0. The molecule has 1 saturated heterocycles. The third-order valence-corrected chi connectivity index (χ3v) is 4.04. The van der Waals surface area contributed by atoms with Crippen LogP contribution in [0, 0.1) is 12.8 Å². The van der Waals surface area contributed by atoms with E-state index in [0.29, 0.717) is 18.1 Å². The molecule has 2 unspecified atom stereocenters. The fourth-order valence-electron chi connectivity index (χ4n) is 2.87. The molecule has 1 heterocycles. The second-order valence-electron chi connectivity index (χ2n) is 6.73. The Kier molecular flexibility index (Phi) is 6.07. The van der Waals surface area contributed by atoms with E-state index in [1.165, 1.54) is 24.1 Å². The molecule has 21 heavy (non-hydrogen) atoms. The molecule has 1 aliphatic heterocycles. The molecular weight excluding hydrogens is 260 g/mol. The van der Waals surface area contributed by atoms with E-state index in [1.807, 2.05) is 0 Å². The highest BCUT2D eigenvalue weighted by Crippen LogP contribution is 2.22. The van der Waals surface area contributed by atoms with Crippen molar-refractivity contribution in [3.8, 4) is 0 Å².